The first-order chi connectivity index (χ1) is 7.38. The van der Waals surface area contributed by atoms with Crippen LogP contribution in [0.1, 0.15) is 50.5 Å². The lowest BCUT2D eigenvalue weighted by atomic mass is 9.95. The smallest absolute Gasteiger partial charge is 0.0100 e. The monoisotopic (exact) mass is 268 g/mol. The molecule has 0 bridgehead atoms. The van der Waals surface area contributed by atoms with E-state index in [0.717, 1.165) is 5.33 Å². The van der Waals surface area contributed by atoms with Crippen LogP contribution in [0.25, 0.3) is 0 Å². The van der Waals surface area contributed by atoms with Crippen molar-refractivity contribution in [3.8, 4) is 0 Å². The lowest BCUT2D eigenvalue weighted by Gasteiger charge is -2.14. The van der Waals surface area contributed by atoms with E-state index in [0.29, 0.717) is 5.92 Å². The maximum Gasteiger partial charge on any atom is 0.0100 e. The summed E-state index contributed by atoms with van der Waals surface area (Å²) in [5.41, 5.74) is 1.48. The predicted molar refractivity (Wildman–Crippen MR) is 71.7 cm³/mol. The Labute approximate surface area is 102 Å². The predicted octanol–water partition coefficient (Wildman–Crippen LogP) is 5.14. The maximum absolute atomic E-state index is 3.62. The van der Waals surface area contributed by atoms with Crippen molar-refractivity contribution < 1.29 is 0 Å². The lowest BCUT2D eigenvalue weighted by Crippen LogP contribution is -2.00. The van der Waals surface area contributed by atoms with Gasteiger partial charge in [-0.3, -0.25) is 0 Å². The van der Waals surface area contributed by atoms with Crippen molar-refractivity contribution in [3.05, 3.63) is 35.9 Å². The van der Waals surface area contributed by atoms with Crippen molar-refractivity contribution in [1.29, 1.82) is 0 Å². The summed E-state index contributed by atoms with van der Waals surface area (Å²) in [6.07, 6.45) is 6.76. The van der Waals surface area contributed by atoms with Gasteiger partial charge in [-0.1, -0.05) is 78.9 Å². The molecule has 0 aliphatic rings. The van der Waals surface area contributed by atoms with Gasteiger partial charge in [0.1, 0.15) is 0 Å². The van der Waals surface area contributed by atoms with Crippen molar-refractivity contribution in [1.82, 2.24) is 0 Å². The molecule has 0 aromatic heterocycles. The van der Waals surface area contributed by atoms with Gasteiger partial charge >= 0.3 is 0 Å². The van der Waals surface area contributed by atoms with Gasteiger partial charge in [-0.25, -0.2) is 0 Å². The molecule has 0 aliphatic heterocycles. The van der Waals surface area contributed by atoms with E-state index < -0.39 is 0 Å². The van der Waals surface area contributed by atoms with Crippen LogP contribution in [0.4, 0.5) is 0 Å². The maximum atomic E-state index is 3.62. The van der Waals surface area contributed by atoms with Gasteiger partial charge in [-0.2, -0.15) is 0 Å². The first kappa shape index (κ1) is 12.8. The normalized spacial score (nSPS) is 12.7. The Morgan fingerprint density at radius 1 is 1.07 bits per heavy atom. The van der Waals surface area contributed by atoms with Crippen molar-refractivity contribution in [3.63, 3.8) is 0 Å². The summed E-state index contributed by atoms with van der Waals surface area (Å²) in [4.78, 5) is 0. The van der Waals surface area contributed by atoms with Crippen LogP contribution >= 0.6 is 15.9 Å². The second-order valence-corrected chi connectivity index (χ2v) is 4.76. The Morgan fingerprint density at radius 3 is 2.40 bits per heavy atom. The molecule has 1 aromatic rings. The Bertz CT molecular complexity index is 243. The van der Waals surface area contributed by atoms with E-state index in [1.807, 2.05) is 0 Å². The Hall–Kier alpha value is -0.300. The number of unbranched alkanes of at least 4 members (excludes halogenated alkanes) is 3. The van der Waals surface area contributed by atoms with Crippen molar-refractivity contribution in [2.45, 2.75) is 44.9 Å². The average Bonchev–Trinajstić information content (AvgIpc) is 2.30. The molecular formula is C14H21Br. The average molecular weight is 269 g/mol. The highest BCUT2D eigenvalue weighted by molar-refractivity contribution is 9.09. The fourth-order valence-electron chi connectivity index (χ4n) is 1.88. The number of alkyl halides is 1. The summed E-state index contributed by atoms with van der Waals surface area (Å²) in [6, 6.07) is 10.8. The molecule has 1 heteroatoms. The highest BCUT2D eigenvalue weighted by Gasteiger charge is 2.08. The zero-order valence-electron chi connectivity index (χ0n) is 9.58. The van der Waals surface area contributed by atoms with Crippen LogP contribution in [-0.4, -0.2) is 5.33 Å². The van der Waals surface area contributed by atoms with E-state index in [1.165, 1.54) is 37.7 Å². The second-order valence-electron chi connectivity index (χ2n) is 4.11. The molecule has 15 heavy (non-hydrogen) atoms. The van der Waals surface area contributed by atoms with Crippen molar-refractivity contribution in [2.24, 2.45) is 0 Å². The Kier molecular flexibility index (Phi) is 6.74. The zero-order chi connectivity index (χ0) is 10.9. The molecule has 0 radical (unpaired) electrons. The molecule has 1 aromatic carbocycles. The van der Waals surface area contributed by atoms with E-state index in [1.54, 1.807) is 0 Å². The first-order valence-corrected chi connectivity index (χ1v) is 7.11. The van der Waals surface area contributed by atoms with Gasteiger partial charge in [0.25, 0.3) is 0 Å². The largest absolute Gasteiger partial charge is 0.0921 e. The summed E-state index contributed by atoms with van der Waals surface area (Å²) in [6.45, 7) is 2.26. The van der Waals surface area contributed by atoms with Crippen LogP contribution in [0.15, 0.2) is 30.3 Å². The highest BCUT2D eigenvalue weighted by atomic mass is 79.9. The summed E-state index contributed by atoms with van der Waals surface area (Å²) >= 11 is 3.62. The molecule has 0 aliphatic carbocycles. The summed E-state index contributed by atoms with van der Waals surface area (Å²) in [5.74, 6) is 0.697. The van der Waals surface area contributed by atoms with Crippen LogP contribution < -0.4 is 0 Å². The quantitative estimate of drug-likeness (QED) is 0.475. The van der Waals surface area contributed by atoms with Crippen molar-refractivity contribution >= 4 is 15.9 Å². The summed E-state index contributed by atoms with van der Waals surface area (Å²) < 4.78 is 0. The fraction of sp³-hybridized carbons (Fsp3) is 0.571. The number of benzene rings is 1. The lowest BCUT2D eigenvalue weighted by molar-refractivity contribution is 0.585. The van der Waals surface area contributed by atoms with Gasteiger partial charge in [0.2, 0.25) is 0 Å². The highest BCUT2D eigenvalue weighted by Crippen LogP contribution is 2.24. The Balaban J connectivity index is 2.36. The molecule has 1 rings (SSSR count). The number of hydrogen-bond donors (Lipinski definition) is 0. The summed E-state index contributed by atoms with van der Waals surface area (Å²) in [7, 11) is 0. The van der Waals surface area contributed by atoms with Gasteiger partial charge in [-0.05, 0) is 17.9 Å². The topological polar surface area (TPSA) is 0 Å². The van der Waals surface area contributed by atoms with Crippen molar-refractivity contribution in [2.75, 3.05) is 5.33 Å². The second kappa shape index (κ2) is 7.92. The SMILES string of the molecule is CCCCCCC(CBr)c1ccccc1. The molecule has 0 fully saturated rings. The molecule has 0 amide bonds. The third-order valence-electron chi connectivity index (χ3n) is 2.86. The Morgan fingerprint density at radius 2 is 1.80 bits per heavy atom. The zero-order valence-corrected chi connectivity index (χ0v) is 11.2. The number of rotatable bonds is 7. The number of hydrogen-bond acceptors (Lipinski definition) is 0. The minimum atomic E-state index is 0.697. The van der Waals surface area contributed by atoms with Crippen LogP contribution in [0.2, 0.25) is 0 Å². The van der Waals surface area contributed by atoms with Gasteiger partial charge in [0.15, 0.2) is 0 Å². The molecule has 0 saturated carbocycles. The third kappa shape index (κ3) is 4.83. The molecule has 0 nitrogen and oxygen atoms in total. The van der Waals surface area contributed by atoms with Crippen LogP contribution in [0, 0.1) is 0 Å². The fourth-order valence-corrected chi connectivity index (χ4v) is 2.57. The van der Waals surface area contributed by atoms with Gasteiger partial charge in [0, 0.05) is 5.33 Å². The number of halogens is 1. The van der Waals surface area contributed by atoms with E-state index in [2.05, 4.69) is 53.2 Å². The standard InChI is InChI=1S/C14H21Br/c1-2-3-4-6-11-14(12-15)13-9-7-5-8-10-13/h5,7-10,14H,2-4,6,11-12H2,1H3. The van der Waals surface area contributed by atoms with Gasteiger partial charge in [-0.15, -0.1) is 0 Å². The van der Waals surface area contributed by atoms with Gasteiger partial charge < -0.3 is 0 Å². The molecule has 1 atom stereocenters. The summed E-state index contributed by atoms with van der Waals surface area (Å²) in [5, 5.41) is 1.09. The third-order valence-corrected chi connectivity index (χ3v) is 3.64. The van der Waals surface area contributed by atoms with Crippen LogP contribution in [0.5, 0.6) is 0 Å². The molecule has 1 unspecified atom stereocenters. The minimum Gasteiger partial charge on any atom is -0.0921 e. The van der Waals surface area contributed by atoms with E-state index in [-0.39, 0.29) is 0 Å². The van der Waals surface area contributed by atoms with Crippen LogP contribution in [0.3, 0.4) is 0 Å². The van der Waals surface area contributed by atoms with E-state index >= 15 is 0 Å². The molecule has 84 valence electrons. The first-order valence-electron chi connectivity index (χ1n) is 5.99. The molecule has 0 saturated heterocycles. The molecule has 0 N–H and O–H groups in total. The minimum absolute atomic E-state index is 0.697. The molecular weight excluding hydrogens is 248 g/mol. The van der Waals surface area contributed by atoms with Gasteiger partial charge in [0.05, 0.1) is 0 Å². The van der Waals surface area contributed by atoms with Crippen LogP contribution in [-0.2, 0) is 0 Å². The molecule has 0 spiro atoms. The molecule has 0 heterocycles. The van der Waals surface area contributed by atoms with E-state index in [4.69, 9.17) is 0 Å². The van der Waals surface area contributed by atoms with E-state index in [9.17, 15) is 0 Å².